The van der Waals surface area contributed by atoms with Crippen LogP contribution in [0, 0.1) is 5.82 Å². The first-order valence-electron chi connectivity index (χ1n) is 6.99. The number of nitrogens with two attached hydrogens (primary N) is 1. The van der Waals surface area contributed by atoms with Crippen molar-refractivity contribution in [3.05, 3.63) is 34.1 Å². The molecule has 122 valence electrons. The minimum absolute atomic E-state index is 0.110. The highest BCUT2D eigenvalue weighted by molar-refractivity contribution is 9.10. The summed E-state index contributed by atoms with van der Waals surface area (Å²) in [6.07, 6.45) is 2.00. The first-order chi connectivity index (χ1) is 10.2. The predicted molar refractivity (Wildman–Crippen MR) is 88.5 cm³/mol. The first kappa shape index (κ1) is 17.2. The largest absolute Gasteiger partial charge is 0.369 e. The molecule has 1 aromatic rings. The van der Waals surface area contributed by atoms with Crippen LogP contribution in [0.15, 0.2) is 27.7 Å². The molecule has 0 aromatic heterocycles. The molecule has 1 aliphatic rings. The molecule has 8 heteroatoms. The average Bonchev–Trinajstić information content (AvgIpc) is 2.44. The molecule has 0 spiro atoms. The molecular formula is C14H19BrFN3O2S. The van der Waals surface area contributed by atoms with Gasteiger partial charge < -0.3 is 5.73 Å². The SMILES string of the molecule is CCCC[C@@]1(c2cc(Br)ccc2F)CS(=O)(=O)N(C)C(N)=N1. The van der Waals surface area contributed by atoms with Crippen LogP contribution in [0.3, 0.4) is 0 Å². The van der Waals surface area contributed by atoms with Gasteiger partial charge in [-0.3, -0.25) is 0 Å². The van der Waals surface area contributed by atoms with Gasteiger partial charge >= 0.3 is 0 Å². The molecule has 1 aromatic carbocycles. The Bertz CT molecular complexity index is 708. The Kier molecular flexibility index (Phi) is 4.81. The number of guanidine groups is 1. The molecular weight excluding hydrogens is 373 g/mol. The lowest BCUT2D eigenvalue weighted by Gasteiger charge is -2.37. The van der Waals surface area contributed by atoms with E-state index in [-0.39, 0.29) is 17.3 Å². The van der Waals surface area contributed by atoms with E-state index < -0.39 is 21.4 Å². The lowest BCUT2D eigenvalue weighted by molar-refractivity contribution is 0.391. The van der Waals surface area contributed by atoms with Gasteiger partial charge in [-0.2, -0.15) is 0 Å². The molecule has 0 unspecified atom stereocenters. The Morgan fingerprint density at radius 3 is 2.77 bits per heavy atom. The molecule has 2 rings (SSSR count). The maximum Gasteiger partial charge on any atom is 0.239 e. The van der Waals surface area contributed by atoms with Crippen LogP contribution in [0.1, 0.15) is 31.7 Å². The van der Waals surface area contributed by atoms with Gasteiger partial charge in [-0.25, -0.2) is 22.1 Å². The van der Waals surface area contributed by atoms with Crippen LogP contribution in [0.2, 0.25) is 0 Å². The normalized spacial score (nSPS) is 24.2. The number of nitrogens with zero attached hydrogens (tertiary/aromatic N) is 2. The highest BCUT2D eigenvalue weighted by Crippen LogP contribution is 2.39. The van der Waals surface area contributed by atoms with Crippen molar-refractivity contribution >= 4 is 31.9 Å². The predicted octanol–water partition coefficient (Wildman–Crippen LogP) is 2.56. The first-order valence-corrected chi connectivity index (χ1v) is 9.39. The minimum Gasteiger partial charge on any atom is -0.369 e. The fraction of sp³-hybridized carbons (Fsp3) is 0.500. The topological polar surface area (TPSA) is 75.8 Å². The van der Waals surface area contributed by atoms with Crippen molar-refractivity contribution in [2.75, 3.05) is 12.8 Å². The van der Waals surface area contributed by atoms with Crippen molar-refractivity contribution in [2.24, 2.45) is 10.7 Å². The summed E-state index contributed by atoms with van der Waals surface area (Å²) in [5, 5.41) is 0. The zero-order chi connectivity index (χ0) is 16.5. The van der Waals surface area contributed by atoms with E-state index in [1.807, 2.05) is 6.92 Å². The van der Waals surface area contributed by atoms with Gasteiger partial charge in [-0.05, 0) is 24.6 Å². The smallest absolute Gasteiger partial charge is 0.239 e. The lowest BCUT2D eigenvalue weighted by Crippen LogP contribution is -2.51. The summed E-state index contributed by atoms with van der Waals surface area (Å²) in [4.78, 5) is 4.38. The molecule has 0 aliphatic carbocycles. The van der Waals surface area contributed by atoms with Crippen LogP contribution < -0.4 is 5.73 Å². The van der Waals surface area contributed by atoms with Gasteiger partial charge in [0.25, 0.3) is 0 Å². The molecule has 1 aliphatic heterocycles. The molecule has 0 fully saturated rings. The number of aliphatic imine (C=N–C) groups is 1. The minimum atomic E-state index is -3.63. The summed E-state index contributed by atoms with van der Waals surface area (Å²) in [5.74, 6) is -0.873. The van der Waals surface area contributed by atoms with E-state index in [4.69, 9.17) is 5.73 Å². The highest BCUT2D eigenvalue weighted by atomic mass is 79.9. The van der Waals surface area contributed by atoms with E-state index in [1.54, 1.807) is 12.1 Å². The average molecular weight is 392 g/mol. The second-order valence-electron chi connectivity index (χ2n) is 5.45. The number of sulfonamides is 1. The van der Waals surface area contributed by atoms with Crippen LogP contribution in [0.25, 0.3) is 0 Å². The zero-order valence-corrected chi connectivity index (χ0v) is 14.9. The van der Waals surface area contributed by atoms with Gasteiger partial charge in [0.1, 0.15) is 11.4 Å². The molecule has 0 saturated carbocycles. The Morgan fingerprint density at radius 1 is 1.50 bits per heavy atom. The van der Waals surface area contributed by atoms with Crippen molar-refractivity contribution in [2.45, 2.75) is 31.7 Å². The Morgan fingerprint density at radius 2 is 2.18 bits per heavy atom. The molecule has 1 heterocycles. The van der Waals surface area contributed by atoms with Crippen LogP contribution in [-0.4, -0.2) is 31.5 Å². The summed E-state index contributed by atoms with van der Waals surface area (Å²) < 4.78 is 40.7. The standard InChI is InChI=1S/C14H19BrFN3O2S/c1-3-4-7-14(11-8-10(15)5-6-12(11)16)9-22(20,21)19(2)13(17)18-14/h5-6,8H,3-4,7,9H2,1-2H3,(H2,17,18)/t14-/m0/s1. The molecule has 5 nitrogen and oxygen atoms in total. The summed E-state index contributed by atoms with van der Waals surface area (Å²) in [7, 11) is -2.27. The number of benzene rings is 1. The number of hydrogen-bond acceptors (Lipinski definition) is 4. The van der Waals surface area contributed by atoms with Crippen LogP contribution >= 0.6 is 15.9 Å². The fourth-order valence-corrected chi connectivity index (χ4v) is 4.44. The maximum absolute atomic E-state index is 14.4. The number of unbranched alkanes of at least 4 members (excludes halogenated alkanes) is 1. The zero-order valence-electron chi connectivity index (χ0n) is 12.5. The molecule has 22 heavy (non-hydrogen) atoms. The van der Waals surface area contributed by atoms with Crippen molar-refractivity contribution in [1.82, 2.24) is 4.31 Å². The maximum atomic E-state index is 14.4. The summed E-state index contributed by atoms with van der Waals surface area (Å²) in [6.45, 7) is 1.99. The van der Waals surface area contributed by atoms with Crippen molar-refractivity contribution in [3.8, 4) is 0 Å². The van der Waals surface area contributed by atoms with E-state index in [0.29, 0.717) is 10.9 Å². The van der Waals surface area contributed by atoms with Crippen molar-refractivity contribution in [1.29, 1.82) is 0 Å². The molecule has 0 saturated heterocycles. The van der Waals surface area contributed by atoms with E-state index >= 15 is 0 Å². The lowest BCUT2D eigenvalue weighted by atomic mass is 9.86. The van der Waals surface area contributed by atoms with E-state index in [2.05, 4.69) is 20.9 Å². The van der Waals surface area contributed by atoms with E-state index in [0.717, 1.165) is 17.1 Å². The molecule has 0 radical (unpaired) electrons. The van der Waals surface area contributed by atoms with Crippen LogP contribution in [0.5, 0.6) is 0 Å². The van der Waals surface area contributed by atoms with Gasteiger partial charge in [0.2, 0.25) is 16.0 Å². The van der Waals surface area contributed by atoms with Gasteiger partial charge in [0, 0.05) is 17.1 Å². The third-order valence-corrected chi connectivity index (χ3v) is 6.22. The third kappa shape index (κ3) is 3.12. The van der Waals surface area contributed by atoms with Gasteiger partial charge in [-0.1, -0.05) is 35.7 Å². The van der Waals surface area contributed by atoms with E-state index in [1.165, 1.54) is 13.1 Å². The highest BCUT2D eigenvalue weighted by Gasteiger charge is 2.44. The van der Waals surface area contributed by atoms with Crippen molar-refractivity contribution < 1.29 is 12.8 Å². The molecule has 0 bridgehead atoms. The Labute approximate surface area is 138 Å². The third-order valence-electron chi connectivity index (χ3n) is 3.86. The molecule has 2 N–H and O–H groups in total. The second-order valence-corrected chi connectivity index (χ2v) is 8.37. The molecule has 1 atom stereocenters. The Balaban J connectivity index is 2.66. The Hall–Kier alpha value is -1.15. The molecule has 0 amide bonds. The van der Waals surface area contributed by atoms with E-state index in [9.17, 15) is 12.8 Å². The van der Waals surface area contributed by atoms with Gasteiger partial charge in [-0.15, -0.1) is 0 Å². The van der Waals surface area contributed by atoms with Crippen LogP contribution in [0.4, 0.5) is 4.39 Å². The second kappa shape index (κ2) is 6.16. The number of halogens is 2. The quantitative estimate of drug-likeness (QED) is 0.856. The summed E-state index contributed by atoms with van der Waals surface area (Å²) >= 11 is 3.30. The summed E-state index contributed by atoms with van der Waals surface area (Å²) in [5.41, 5.74) is 4.87. The van der Waals surface area contributed by atoms with Gasteiger partial charge in [0.05, 0.1) is 5.75 Å². The van der Waals surface area contributed by atoms with Gasteiger partial charge in [0.15, 0.2) is 0 Å². The number of rotatable bonds is 4. The van der Waals surface area contributed by atoms with Crippen molar-refractivity contribution in [3.63, 3.8) is 0 Å². The van der Waals surface area contributed by atoms with Crippen LogP contribution in [-0.2, 0) is 15.6 Å². The fourth-order valence-electron chi connectivity index (χ4n) is 2.59. The number of hydrogen-bond donors (Lipinski definition) is 1. The summed E-state index contributed by atoms with van der Waals surface area (Å²) in [6, 6.07) is 4.47. The monoisotopic (exact) mass is 391 g/mol.